The minimum atomic E-state index is -4.68. The third-order valence-electron chi connectivity index (χ3n) is 5.97. The van der Waals surface area contributed by atoms with E-state index in [0.29, 0.717) is 16.7 Å². The van der Waals surface area contributed by atoms with Crippen LogP contribution >= 0.6 is 0 Å². The number of rotatable bonds is 9. The largest absolute Gasteiger partial charge is 0.411 e. The van der Waals surface area contributed by atoms with Gasteiger partial charge in [-0.05, 0) is 56.0 Å². The van der Waals surface area contributed by atoms with Crippen molar-refractivity contribution in [2.75, 3.05) is 13.1 Å². The average Bonchev–Trinajstić information content (AvgIpc) is 2.77. The molecule has 0 radical (unpaired) electrons. The molecule has 0 saturated heterocycles. The van der Waals surface area contributed by atoms with E-state index in [9.17, 15) is 41.5 Å². The van der Waals surface area contributed by atoms with Crippen molar-refractivity contribution in [3.63, 3.8) is 0 Å². The lowest BCUT2D eigenvalue weighted by Crippen LogP contribution is -2.41. The highest BCUT2D eigenvalue weighted by Crippen LogP contribution is 2.45. The highest BCUT2D eigenvalue weighted by atomic mass is 19.4. The number of alkyl halides is 6. The Hall–Kier alpha value is -3.12. The first-order valence-electron chi connectivity index (χ1n) is 11.2. The van der Waals surface area contributed by atoms with Gasteiger partial charge in [0, 0.05) is 6.42 Å². The van der Waals surface area contributed by atoms with Crippen molar-refractivity contribution in [3.05, 3.63) is 69.8 Å². The summed E-state index contributed by atoms with van der Waals surface area (Å²) in [6, 6.07) is 8.76. The third-order valence-corrected chi connectivity index (χ3v) is 5.97. The van der Waals surface area contributed by atoms with Gasteiger partial charge >= 0.3 is 12.4 Å². The molecular formula is C25H29F6N3O3. The first-order chi connectivity index (χ1) is 17.0. The van der Waals surface area contributed by atoms with Gasteiger partial charge in [-0.25, -0.2) is 0 Å². The monoisotopic (exact) mass is 533 g/mol. The molecule has 2 aromatic rings. The summed E-state index contributed by atoms with van der Waals surface area (Å²) >= 11 is 0. The highest BCUT2D eigenvalue weighted by molar-refractivity contribution is 6.01. The van der Waals surface area contributed by atoms with Crippen molar-refractivity contribution in [2.24, 2.45) is 5.16 Å². The Labute approximate surface area is 210 Å². The number of aryl methyl sites for hydroxylation is 3. The van der Waals surface area contributed by atoms with Crippen LogP contribution in [0.1, 0.15) is 53.0 Å². The minimum absolute atomic E-state index is 0.0235. The fourth-order valence-corrected chi connectivity index (χ4v) is 3.91. The zero-order valence-corrected chi connectivity index (χ0v) is 20.7. The normalized spacial score (nSPS) is 15.3. The third kappa shape index (κ3) is 7.93. The van der Waals surface area contributed by atoms with Crippen molar-refractivity contribution < 1.29 is 41.5 Å². The Morgan fingerprint density at radius 1 is 1.00 bits per heavy atom. The van der Waals surface area contributed by atoms with Gasteiger partial charge in [0.2, 0.25) is 5.91 Å². The number of nitrogens with zero attached hydrogens (tertiary/aromatic N) is 1. The van der Waals surface area contributed by atoms with Crippen LogP contribution in [0.3, 0.4) is 0 Å². The van der Waals surface area contributed by atoms with Gasteiger partial charge in [-0.2, -0.15) is 26.3 Å². The molecule has 0 bridgehead atoms. The lowest BCUT2D eigenvalue weighted by molar-refractivity contribution is -0.183. The summed E-state index contributed by atoms with van der Waals surface area (Å²) in [4.78, 5) is 11.5. The molecule has 0 aliphatic carbocycles. The molecule has 2 aromatic carbocycles. The molecule has 0 saturated carbocycles. The van der Waals surface area contributed by atoms with E-state index in [1.807, 2.05) is 0 Å². The van der Waals surface area contributed by atoms with Crippen molar-refractivity contribution >= 4 is 11.6 Å². The molecular weight excluding hydrogens is 504 g/mol. The lowest BCUT2D eigenvalue weighted by Gasteiger charge is -2.33. The second-order valence-corrected chi connectivity index (χ2v) is 9.18. The highest BCUT2D eigenvalue weighted by Gasteiger charge is 2.53. The zero-order chi connectivity index (χ0) is 28.2. The van der Waals surface area contributed by atoms with Gasteiger partial charge in [-0.3, -0.25) is 10.1 Å². The van der Waals surface area contributed by atoms with E-state index in [1.165, 1.54) is 37.3 Å². The number of nitrogens with one attached hydrogen (secondary N) is 2. The molecule has 6 nitrogen and oxygen atoms in total. The molecule has 204 valence electrons. The molecule has 0 aliphatic heterocycles. The Morgan fingerprint density at radius 2 is 1.59 bits per heavy atom. The van der Waals surface area contributed by atoms with Crippen LogP contribution in [-0.2, 0) is 10.2 Å². The lowest BCUT2D eigenvalue weighted by atomic mass is 9.75. The van der Waals surface area contributed by atoms with Gasteiger partial charge in [0.1, 0.15) is 12.8 Å². The number of oxime groups is 1. The van der Waals surface area contributed by atoms with E-state index in [-0.39, 0.29) is 22.4 Å². The van der Waals surface area contributed by atoms with Gasteiger partial charge in [0.05, 0.1) is 17.7 Å². The fourth-order valence-electron chi connectivity index (χ4n) is 3.91. The Bertz CT molecular complexity index is 1130. The maximum Gasteiger partial charge on any atom is 0.405 e. The molecule has 0 fully saturated rings. The van der Waals surface area contributed by atoms with E-state index >= 15 is 0 Å². The number of hydrogen-bond donors (Lipinski definition) is 4. The van der Waals surface area contributed by atoms with Crippen molar-refractivity contribution in [1.29, 1.82) is 0 Å². The summed E-state index contributed by atoms with van der Waals surface area (Å²) in [6.07, 6.45) is -11.4. The first-order valence-corrected chi connectivity index (χ1v) is 11.2. The Balaban J connectivity index is 2.25. The summed E-state index contributed by atoms with van der Waals surface area (Å²) in [5, 5.41) is 27.1. The number of carbonyl (C=O) groups is 1. The van der Waals surface area contributed by atoms with E-state index in [1.54, 1.807) is 25.2 Å². The zero-order valence-electron chi connectivity index (χ0n) is 20.7. The summed E-state index contributed by atoms with van der Waals surface area (Å²) in [5.41, 5.74) is -0.477. The molecule has 2 unspecified atom stereocenters. The van der Waals surface area contributed by atoms with E-state index in [4.69, 9.17) is 0 Å². The van der Waals surface area contributed by atoms with Gasteiger partial charge < -0.3 is 15.6 Å². The fraction of sp³-hybridized carbons (Fsp3) is 0.440. The molecule has 2 rings (SSSR count). The van der Waals surface area contributed by atoms with Gasteiger partial charge in [0.25, 0.3) is 0 Å². The Kier molecular flexibility index (Phi) is 9.37. The number of benzene rings is 2. The first kappa shape index (κ1) is 30.1. The molecule has 0 aromatic heterocycles. The minimum Gasteiger partial charge on any atom is -0.411 e. The number of aliphatic hydroxyl groups excluding tert-OH is 1. The predicted octanol–water partition coefficient (Wildman–Crippen LogP) is 4.96. The van der Waals surface area contributed by atoms with Crippen molar-refractivity contribution in [3.8, 4) is 0 Å². The summed E-state index contributed by atoms with van der Waals surface area (Å²) in [6.45, 7) is 3.83. The summed E-state index contributed by atoms with van der Waals surface area (Å²) in [5.74, 6) is -0.988. The SMILES string of the molecule is Cc1cc(C)cc(C(C)(C/C(=N/O)c2ccc(C(O)NCC(=O)NCC(F)(F)F)c(C)c2)C(F)(F)F)c1. The molecule has 37 heavy (non-hydrogen) atoms. The quantitative estimate of drug-likeness (QED) is 0.121. The summed E-state index contributed by atoms with van der Waals surface area (Å²) < 4.78 is 79.5. The van der Waals surface area contributed by atoms with Crippen LogP contribution in [0.5, 0.6) is 0 Å². The molecule has 2 atom stereocenters. The molecule has 0 spiro atoms. The number of hydrogen-bond acceptors (Lipinski definition) is 5. The standard InChI is InChI=1S/C25H29F6N3O3/c1-14-7-15(2)9-18(8-14)23(4,25(29,30)31)11-20(34-37)17-5-6-19(16(3)10-17)22(36)32-12-21(35)33-13-24(26,27)28/h5-10,22,32,36-37H,11-13H2,1-4H3,(H,33,35)/b34-20-. The number of amides is 1. The molecule has 0 aliphatic rings. The van der Waals surface area contributed by atoms with E-state index in [2.05, 4.69) is 10.5 Å². The van der Waals surface area contributed by atoms with Gasteiger partial charge in [0.15, 0.2) is 0 Å². The van der Waals surface area contributed by atoms with Gasteiger partial charge in [-0.1, -0.05) is 46.6 Å². The van der Waals surface area contributed by atoms with Crippen molar-refractivity contribution in [2.45, 2.75) is 58.1 Å². The predicted molar refractivity (Wildman–Crippen MR) is 125 cm³/mol. The average molecular weight is 534 g/mol. The number of carbonyl (C=O) groups excluding carboxylic acids is 1. The molecule has 12 heteroatoms. The topological polar surface area (TPSA) is 94.0 Å². The second-order valence-electron chi connectivity index (χ2n) is 9.18. The number of halogens is 6. The molecule has 4 N–H and O–H groups in total. The van der Waals surface area contributed by atoms with Crippen LogP contribution in [0.25, 0.3) is 0 Å². The van der Waals surface area contributed by atoms with Crippen LogP contribution in [0.15, 0.2) is 41.6 Å². The van der Waals surface area contributed by atoms with Crippen molar-refractivity contribution in [1.82, 2.24) is 10.6 Å². The van der Waals surface area contributed by atoms with Crippen LogP contribution in [0.4, 0.5) is 26.3 Å². The molecule has 0 heterocycles. The van der Waals surface area contributed by atoms with E-state index < -0.39 is 49.4 Å². The van der Waals surface area contributed by atoms with Crippen LogP contribution in [-0.4, -0.2) is 47.4 Å². The maximum atomic E-state index is 14.3. The molecule has 1 amide bonds. The second kappa shape index (κ2) is 11.5. The Morgan fingerprint density at radius 3 is 2.08 bits per heavy atom. The maximum absolute atomic E-state index is 14.3. The van der Waals surface area contributed by atoms with Crippen LogP contribution in [0.2, 0.25) is 0 Å². The summed E-state index contributed by atoms with van der Waals surface area (Å²) in [7, 11) is 0. The van der Waals surface area contributed by atoms with Gasteiger partial charge in [-0.15, -0.1) is 0 Å². The van der Waals surface area contributed by atoms with Crippen LogP contribution < -0.4 is 10.6 Å². The van der Waals surface area contributed by atoms with E-state index in [0.717, 1.165) is 6.92 Å². The number of aliphatic hydroxyl groups is 1. The smallest absolute Gasteiger partial charge is 0.405 e. The van der Waals surface area contributed by atoms with Crippen LogP contribution in [0, 0.1) is 20.8 Å².